The number of hydrogen-bond acceptors (Lipinski definition) is 2. The lowest BCUT2D eigenvalue weighted by Gasteiger charge is -2.17. The molecule has 8 rings (SSSR count). The summed E-state index contributed by atoms with van der Waals surface area (Å²) in [5.74, 6) is -0.540. The first-order valence-electron chi connectivity index (χ1n) is 14.1. The number of benzene rings is 6. The molecule has 42 heavy (non-hydrogen) atoms. The van der Waals surface area contributed by atoms with Gasteiger partial charge in [0.15, 0.2) is 0 Å². The summed E-state index contributed by atoms with van der Waals surface area (Å²) in [6.45, 7) is 3.84. The van der Waals surface area contributed by atoms with E-state index in [1.165, 1.54) is 15.7 Å². The second-order valence-electron chi connectivity index (χ2n) is 11.0. The lowest BCUT2D eigenvalue weighted by molar-refractivity contribution is 0.0926. The number of para-hydroxylation sites is 2. The molecule has 0 aliphatic carbocycles. The normalized spacial score (nSPS) is 13.0. The van der Waals surface area contributed by atoms with Crippen LogP contribution in [-0.2, 0) is 0 Å². The van der Waals surface area contributed by atoms with Gasteiger partial charge >= 0.3 is 0 Å². The molecular weight excluding hydrogens is 516 g/mol. The van der Waals surface area contributed by atoms with E-state index in [0.717, 1.165) is 49.7 Å². The zero-order valence-electron chi connectivity index (χ0n) is 23.3. The topological polar surface area (TPSA) is 42.3 Å². The van der Waals surface area contributed by atoms with E-state index in [-0.39, 0.29) is 11.8 Å². The summed E-state index contributed by atoms with van der Waals surface area (Å²) in [7, 11) is 0. The van der Waals surface area contributed by atoms with Gasteiger partial charge in [-0.1, -0.05) is 90.5 Å². The summed E-state index contributed by atoms with van der Waals surface area (Å²) in [6, 6.07) is 41.3. The number of anilines is 1. The highest BCUT2D eigenvalue weighted by Gasteiger charge is 2.38. The molecule has 4 heteroatoms. The molecule has 0 saturated heterocycles. The van der Waals surface area contributed by atoms with Crippen LogP contribution < -0.4 is 4.90 Å². The van der Waals surface area contributed by atoms with Crippen LogP contribution in [0.25, 0.3) is 49.4 Å². The SMILES string of the molecule is Cc1cc(C)c2c(c1)C(=O)N(c1cccc(-c3cccc4c(-n5c6ccccc6c6ccccc65)cccc34)c1)C2=O. The van der Waals surface area contributed by atoms with E-state index in [9.17, 15) is 9.59 Å². The van der Waals surface area contributed by atoms with Crippen molar-refractivity contribution in [3.8, 4) is 16.8 Å². The molecule has 0 saturated carbocycles. The Morgan fingerprint density at radius 2 is 1.17 bits per heavy atom. The van der Waals surface area contributed by atoms with Crippen molar-refractivity contribution in [1.82, 2.24) is 4.57 Å². The van der Waals surface area contributed by atoms with Gasteiger partial charge in [-0.25, -0.2) is 4.90 Å². The van der Waals surface area contributed by atoms with Gasteiger partial charge in [0.05, 0.1) is 33.5 Å². The number of aryl methyl sites for hydroxylation is 2. The molecule has 6 aromatic carbocycles. The molecular formula is C38H26N2O2. The van der Waals surface area contributed by atoms with Crippen LogP contribution in [0, 0.1) is 13.8 Å². The second kappa shape index (κ2) is 9.02. The minimum atomic E-state index is -0.273. The summed E-state index contributed by atoms with van der Waals surface area (Å²) in [5, 5.41) is 4.67. The highest BCUT2D eigenvalue weighted by atomic mass is 16.2. The number of amides is 2. The molecule has 0 unspecified atom stereocenters. The van der Waals surface area contributed by atoms with Crippen LogP contribution in [0.15, 0.2) is 121 Å². The Labute approximate surface area is 243 Å². The van der Waals surface area contributed by atoms with Gasteiger partial charge in [-0.3, -0.25) is 9.59 Å². The highest BCUT2D eigenvalue weighted by molar-refractivity contribution is 6.35. The van der Waals surface area contributed by atoms with Gasteiger partial charge in [0.2, 0.25) is 0 Å². The van der Waals surface area contributed by atoms with Gasteiger partial charge in [0.25, 0.3) is 11.8 Å². The maximum Gasteiger partial charge on any atom is 0.266 e. The third-order valence-electron chi connectivity index (χ3n) is 8.47. The number of fused-ring (bicyclic) bond motifs is 5. The summed E-state index contributed by atoms with van der Waals surface area (Å²) < 4.78 is 2.34. The molecule has 0 spiro atoms. The lowest BCUT2D eigenvalue weighted by atomic mass is 9.96. The van der Waals surface area contributed by atoms with E-state index in [1.54, 1.807) is 0 Å². The fraction of sp³-hybridized carbons (Fsp3) is 0.0526. The third-order valence-corrected chi connectivity index (χ3v) is 8.47. The van der Waals surface area contributed by atoms with Crippen molar-refractivity contribution in [3.05, 3.63) is 144 Å². The Morgan fingerprint density at radius 3 is 1.93 bits per heavy atom. The average Bonchev–Trinajstić information content (AvgIpc) is 3.47. The molecule has 0 atom stereocenters. The van der Waals surface area contributed by atoms with Crippen LogP contribution in [-0.4, -0.2) is 16.4 Å². The fourth-order valence-electron chi connectivity index (χ4n) is 6.71. The van der Waals surface area contributed by atoms with Gasteiger partial charge in [-0.15, -0.1) is 0 Å². The standard InChI is InChI=1S/C38H26N2O2/c1-23-20-24(2)36-32(21-23)37(41)39(38(36)42)26-11-7-10-25(22-26)27-14-8-16-29-28(27)15-9-19-35(29)40-33-17-5-3-12-30(33)31-13-4-6-18-34(31)40/h3-22H,1-2H3. The Morgan fingerprint density at radius 1 is 0.524 bits per heavy atom. The fourth-order valence-corrected chi connectivity index (χ4v) is 6.71. The van der Waals surface area contributed by atoms with Gasteiger partial charge in [0.1, 0.15) is 0 Å². The van der Waals surface area contributed by atoms with Crippen LogP contribution in [0.5, 0.6) is 0 Å². The minimum absolute atomic E-state index is 0.267. The second-order valence-corrected chi connectivity index (χ2v) is 11.0. The molecule has 1 aliphatic heterocycles. The van der Waals surface area contributed by atoms with Gasteiger partial charge in [0, 0.05) is 16.2 Å². The number of carbonyl (C=O) groups is 2. The maximum atomic E-state index is 13.5. The smallest absolute Gasteiger partial charge is 0.266 e. The number of hydrogen-bond donors (Lipinski definition) is 0. The minimum Gasteiger partial charge on any atom is -0.309 e. The van der Waals surface area contributed by atoms with E-state index in [0.29, 0.717) is 16.8 Å². The Kier molecular flexibility index (Phi) is 5.22. The molecule has 4 nitrogen and oxygen atoms in total. The zero-order chi connectivity index (χ0) is 28.5. The quantitative estimate of drug-likeness (QED) is 0.209. The van der Waals surface area contributed by atoms with Crippen molar-refractivity contribution in [2.24, 2.45) is 0 Å². The van der Waals surface area contributed by atoms with E-state index in [2.05, 4.69) is 89.5 Å². The van der Waals surface area contributed by atoms with Crippen molar-refractivity contribution >= 4 is 50.1 Å². The average molecular weight is 543 g/mol. The monoisotopic (exact) mass is 542 g/mol. The molecule has 0 fully saturated rings. The van der Waals surface area contributed by atoms with Gasteiger partial charge in [-0.05, 0) is 72.3 Å². The molecule has 2 amide bonds. The first-order valence-corrected chi connectivity index (χ1v) is 14.1. The summed E-state index contributed by atoms with van der Waals surface area (Å²) in [6.07, 6.45) is 0. The first kappa shape index (κ1) is 24.3. The summed E-state index contributed by atoms with van der Waals surface area (Å²) in [5.41, 5.74) is 8.76. The van der Waals surface area contributed by atoms with Crippen molar-refractivity contribution in [2.75, 3.05) is 4.90 Å². The molecule has 200 valence electrons. The summed E-state index contributed by atoms with van der Waals surface area (Å²) >= 11 is 0. The molecule has 0 radical (unpaired) electrons. The highest BCUT2D eigenvalue weighted by Crippen LogP contribution is 2.39. The Hall–Kier alpha value is -5.48. The number of carbonyl (C=O) groups excluding carboxylic acids is 2. The first-order chi connectivity index (χ1) is 20.5. The van der Waals surface area contributed by atoms with Crippen molar-refractivity contribution < 1.29 is 9.59 Å². The zero-order valence-corrected chi connectivity index (χ0v) is 23.3. The van der Waals surface area contributed by atoms with Crippen molar-refractivity contribution in [1.29, 1.82) is 0 Å². The van der Waals surface area contributed by atoms with E-state index < -0.39 is 0 Å². The molecule has 2 heterocycles. The lowest BCUT2D eigenvalue weighted by Crippen LogP contribution is -2.29. The van der Waals surface area contributed by atoms with Crippen LogP contribution in [0.2, 0.25) is 0 Å². The predicted octanol–water partition coefficient (Wildman–Crippen LogP) is 9.02. The number of aromatic nitrogens is 1. The van der Waals surface area contributed by atoms with E-state index >= 15 is 0 Å². The summed E-state index contributed by atoms with van der Waals surface area (Å²) in [4.78, 5) is 28.3. The van der Waals surface area contributed by atoms with Crippen LogP contribution in [0.3, 0.4) is 0 Å². The number of imide groups is 1. The molecule has 0 N–H and O–H groups in total. The maximum absolute atomic E-state index is 13.5. The Balaban J connectivity index is 1.29. The van der Waals surface area contributed by atoms with Crippen molar-refractivity contribution in [3.63, 3.8) is 0 Å². The third kappa shape index (κ3) is 3.42. The van der Waals surface area contributed by atoms with Crippen LogP contribution in [0.4, 0.5) is 5.69 Å². The van der Waals surface area contributed by atoms with Crippen LogP contribution in [0.1, 0.15) is 31.8 Å². The Bertz CT molecular complexity index is 2220. The van der Waals surface area contributed by atoms with Gasteiger partial charge in [-0.2, -0.15) is 0 Å². The molecule has 0 bridgehead atoms. The predicted molar refractivity (Wildman–Crippen MR) is 171 cm³/mol. The van der Waals surface area contributed by atoms with E-state index in [1.807, 2.05) is 50.2 Å². The van der Waals surface area contributed by atoms with E-state index in [4.69, 9.17) is 0 Å². The number of rotatable bonds is 3. The molecule has 7 aromatic rings. The van der Waals surface area contributed by atoms with Crippen molar-refractivity contribution in [2.45, 2.75) is 13.8 Å². The van der Waals surface area contributed by atoms with Gasteiger partial charge < -0.3 is 4.57 Å². The van der Waals surface area contributed by atoms with Crippen LogP contribution >= 0.6 is 0 Å². The largest absolute Gasteiger partial charge is 0.309 e. The molecule has 1 aliphatic rings. The molecule has 1 aromatic heterocycles. The number of nitrogens with zero attached hydrogens (tertiary/aromatic N) is 2.